The Bertz CT molecular complexity index is 995. The van der Waals surface area contributed by atoms with E-state index in [9.17, 15) is 9.18 Å². The van der Waals surface area contributed by atoms with Crippen molar-refractivity contribution in [2.24, 2.45) is 0 Å². The van der Waals surface area contributed by atoms with Gasteiger partial charge >= 0.3 is 5.97 Å². The average molecular weight is 391 g/mol. The molecule has 0 aliphatic rings. The fraction of sp³-hybridized carbons (Fsp3) is 0.130. The first-order chi connectivity index (χ1) is 14.2. The minimum absolute atomic E-state index is 0.0606. The van der Waals surface area contributed by atoms with Gasteiger partial charge in [-0.1, -0.05) is 24.3 Å². The number of nitrogens with zero attached hydrogens (tertiary/aromatic N) is 1. The summed E-state index contributed by atoms with van der Waals surface area (Å²) in [6.45, 7) is 0.438. The summed E-state index contributed by atoms with van der Waals surface area (Å²) >= 11 is 0. The maximum Gasteiger partial charge on any atom is 0.342 e. The Balaban J connectivity index is 1.51. The van der Waals surface area contributed by atoms with Crippen LogP contribution in [-0.2, 0) is 11.3 Å². The van der Waals surface area contributed by atoms with Gasteiger partial charge in [0.1, 0.15) is 42.7 Å². The zero-order chi connectivity index (χ0) is 20.5. The fourth-order valence-corrected chi connectivity index (χ4v) is 2.50. The van der Waals surface area contributed by atoms with E-state index in [1.165, 1.54) is 12.1 Å². The van der Waals surface area contributed by atoms with Crippen LogP contribution in [0.2, 0.25) is 0 Å². The van der Waals surface area contributed by atoms with Crippen molar-refractivity contribution in [3.8, 4) is 17.6 Å². The van der Waals surface area contributed by atoms with E-state index in [2.05, 4.69) is 0 Å². The van der Waals surface area contributed by atoms with Crippen molar-refractivity contribution in [2.75, 3.05) is 13.2 Å². The van der Waals surface area contributed by atoms with Crippen LogP contribution in [0.5, 0.6) is 11.5 Å². The number of hydrogen-bond donors (Lipinski definition) is 0. The third kappa shape index (κ3) is 5.81. The zero-order valence-electron chi connectivity index (χ0n) is 15.5. The van der Waals surface area contributed by atoms with E-state index in [1.54, 1.807) is 60.7 Å². The van der Waals surface area contributed by atoms with Gasteiger partial charge in [-0.3, -0.25) is 0 Å². The highest BCUT2D eigenvalue weighted by Crippen LogP contribution is 2.20. The molecular weight excluding hydrogens is 373 g/mol. The van der Waals surface area contributed by atoms with Gasteiger partial charge < -0.3 is 14.2 Å². The van der Waals surface area contributed by atoms with Gasteiger partial charge in [0.05, 0.1) is 11.6 Å². The Morgan fingerprint density at radius 1 is 0.897 bits per heavy atom. The first-order valence-corrected chi connectivity index (χ1v) is 8.92. The highest BCUT2D eigenvalue weighted by atomic mass is 19.1. The first-order valence-electron chi connectivity index (χ1n) is 8.92. The Kier molecular flexibility index (Phi) is 6.80. The van der Waals surface area contributed by atoms with Crippen molar-refractivity contribution in [3.05, 3.63) is 95.3 Å². The lowest BCUT2D eigenvalue weighted by Gasteiger charge is -2.12. The predicted molar refractivity (Wildman–Crippen MR) is 104 cm³/mol. The van der Waals surface area contributed by atoms with Gasteiger partial charge in [-0.05, 0) is 54.1 Å². The molecule has 0 unspecified atom stereocenters. The SMILES string of the molecule is N#Cc1ccc(OCCOC(=O)c2ccccc2OCc2ccc(F)cc2)cc1. The van der Waals surface area contributed by atoms with Crippen LogP contribution >= 0.6 is 0 Å². The highest BCUT2D eigenvalue weighted by molar-refractivity contribution is 5.92. The van der Waals surface area contributed by atoms with E-state index in [-0.39, 0.29) is 25.6 Å². The minimum atomic E-state index is -0.525. The number of rotatable bonds is 8. The van der Waals surface area contributed by atoms with Gasteiger partial charge in [-0.2, -0.15) is 5.26 Å². The number of benzene rings is 3. The second kappa shape index (κ2) is 9.90. The van der Waals surface area contributed by atoms with Crippen molar-refractivity contribution in [1.29, 1.82) is 5.26 Å². The molecule has 0 aliphatic carbocycles. The molecular formula is C23H18FNO4. The normalized spacial score (nSPS) is 10.1. The van der Waals surface area contributed by atoms with Gasteiger partial charge in [0.25, 0.3) is 0 Å². The Hall–Kier alpha value is -3.85. The van der Waals surface area contributed by atoms with Crippen molar-refractivity contribution in [3.63, 3.8) is 0 Å². The average Bonchev–Trinajstić information content (AvgIpc) is 2.77. The van der Waals surface area contributed by atoms with Crippen LogP contribution in [0.3, 0.4) is 0 Å². The molecule has 0 atom stereocenters. The maximum absolute atomic E-state index is 13.0. The van der Waals surface area contributed by atoms with E-state index in [0.29, 0.717) is 22.6 Å². The van der Waals surface area contributed by atoms with Gasteiger partial charge in [0, 0.05) is 0 Å². The molecule has 3 aromatic rings. The molecule has 0 saturated heterocycles. The molecule has 0 spiro atoms. The Labute approximate surface area is 167 Å². The molecule has 0 amide bonds. The molecule has 0 bridgehead atoms. The van der Waals surface area contributed by atoms with Crippen LogP contribution in [0.1, 0.15) is 21.5 Å². The number of esters is 1. The molecule has 0 heterocycles. The van der Waals surface area contributed by atoms with E-state index >= 15 is 0 Å². The second-order valence-electron chi connectivity index (χ2n) is 6.03. The van der Waals surface area contributed by atoms with Crippen molar-refractivity contribution in [2.45, 2.75) is 6.61 Å². The summed E-state index contributed by atoms with van der Waals surface area (Å²) in [7, 11) is 0. The lowest BCUT2D eigenvalue weighted by molar-refractivity contribution is 0.0445. The van der Waals surface area contributed by atoms with Crippen LogP contribution in [0.15, 0.2) is 72.8 Å². The van der Waals surface area contributed by atoms with Crippen molar-refractivity contribution in [1.82, 2.24) is 0 Å². The fourth-order valence-electron chi connectivity index (χ4n) is 2.50. The summed E-state index contributed by atoms with van der Waals surface area (Å²) in [6.07, 6.45) is 0. The standard InChI is InChI=1S/C23H18FNO4/c24-19-9-5-18(6-10-19)16-29-22-4-2-1-3-21(22)23(26)28-14-13-27-20-11-7-17(15-25)8-12-20/h1-12H,13-14,16H2. The molecule has 5 nitrogen and oxygen atoms in total. The predicted octanol–water partition coefficient (Wildman–Crippen LogP) is 4.51. The van der Waals surface area contributed by atoms with Gasteiger partial charge in [0.2, 0.25) is 0 Å². The number of para-hydroxylation sites is 1. The Morgan fingerprint density at radius 2 is 1.62 bits per heavy atom. The second-order valence-corrected chi connectivity index (χ2v) is 6.03. The number of halogens is 1. The minimum Gasteiger partial charge on any atom is -0.490 e. The summed E-state index contributed by atoms with van der Waals surface area (Å²) in [4.78, 5) is 12.4. The molecule has 0 N–H and O–H groups in total. The quantitative estimate of drug-likeness (QED) is 0.417. The number of ether oxygens (including phenoxy) is 3. The molecule has 0 fully saturated rings. The molecule has 0 aliphatic heterocycles. The molecule has 6 heteroatoms. The molecule has 3 rings (SSSR count). The maximum atomic E-state index is 13.0. The summed E-state index contributed by atoms with van der Waals surface area (Å²) in [5, 5.41) is 8.77. The van der Waals surface area contributed by atoms with Crippen LogP contribution in [0.4, 0.5) is 4.39 Å². The summed E-state index contributed by atoms with van der Waals surface area (Å²) in [5.74, 6) is 0.127. The topological polar surface area (TPSA) is 68.5 Å². The Morgan fingerprint density at radius 3 is 2.34 bits per heavy atom. The largest absolute Gasteiger partial charge is 0.490 e. The number of carbonyl (C=O) groups is 1. The van der Waals surface area contributed by atoms with Gasteiger partial charge in [0.15, 0.2) is 0 Å². The summed E-state index contributed by atoms with van der Waals surface area (Å²) < 4.78 is 29.4. The highest BCUT2D eigenvalue weighted by Gasteiger charge is 2.14. The van der Waals surface area contributed by atoms with E-state index in [1.807, 2.05) is 6.07 Å². The molecule has 0 radical (unpaired) electrons. The van der Waals surface area contributed by atoms with E-state index in [4.69, 9.17) is 19.5 Å². The van der Waals surface area contributed by atoms with Crippen molar-refractivity contribution < 1.29 is 23.4 Å². The third-order valence-corrected chi connectivity index (χ3v) is 3.98. The molecule has 3 aromatic carbocycles. The summed E-state index contributed by atoms with van der Waals surface area (Å²) in [5.41, 5.74) is 1.62. The van der Waals surface area contributed by atoms with Gasteiger partial charge in [-0.15, -0.1) is 0 Å². The van der Waals surface area contributed by atoms with Crippen LogP contribution < -0.4 is 9.47 Å². The third-order valence-electron chi connectivity index (χ3n) is 3.98. The monoisotopic (exact) mass is 391 g/mol. The molecule has 0 saturated carbocycles. The van der Waals surface area contributed by atoms with Crippen LogP contribution in [-0.4, -0.2) is 19.2 Å². The lowest BCUT2D eigenvalue weighted by Crippen LogP contribution is -2.13. The number of carbonyl (C=O) groups excluding carboxylic acids is 1. The van der Waals surface area contributed by atoms with E-state index in [0.717, 1.165) is 5.56 Å². The van der Waals surface area contributed by atoms with Crippen LogP contribution in [0.25, 0.3) is 0 Å². The van der Waals surface area contributed by atoms with Crippen molar-refractivity contribution >= 4 is 5.97 Å². The smallest absolute Gasteiger partial charge is 0.342 e. The zero-order valence-corrected chi connectivity index (χ0v) is 15.5. The molecule has 0 aromatic heterocycles. The number of nitriles is 1. The first kappa shape index (κ1) is 19.9. The van der Waals surface area contributed by atoms with E-state index < -0.39 is 5.97 Å². The molecule has 146 valence electrons. The summed E-state index contributed by atoms with van der Waals surface area (Å²) in [6, 6.07) is 21.4. The lowest BCUT2D eigenvalue weighted by atomic mass is 10.2. The van der Waals surface area contributed by atoms with Gasteiger partial charge in [-0.25, -0.2) is 9.18 Å². The van der Waals surface area contributed by atoms with Crippen LogP contribution in [0, 0.1) is 17.1 Å². The molecule has 29 heavy (non-hydrogen) atoms. The number of hydrogen-bond acceptors (Lipinski definition) is 5.